The lowest BCUT2D eigenvalue weighted by Crippen LogP contribution is -2.64. The van der Waals surface area contributed by atoms with Gasteiger partial charge in [-0.05, 0) is 90.3 Å². The Hall–Kier alpha value is -3.55. The monoisotopic (exact) mass is 727 g/mol. The zero-order chi connectivity index (χ0) is 37.6. The van der Waals surface area contributed by atoms with Crippen molar-refractivity contribution in [1.82, 2.24) is 25.8 Å². The number of amides is 3. The summed E-state index contributed by atoms with van der Waals surface area (Å²) in [4.78, 5) is 47.2. The number of carbonyl (C=O) groups excluding carboxylic acids is 3. The molecule has 1 aliphatic heterocycles. The number of aromatic nitrogens is 1. The smallest absolute Gasteiger partial charge is 0.258 e. The van der Waals surface area contributed by atoms with E-state index >= 15 is 0 Å². The molecule has 6 atom stereocenters. The van der Waals surface area contributed by atoms with Gasteiger partial charge in [0.1, 0.15) is 11.8 Å². The molecule has 4 rings (SSSR count). The van der Waals surface area contributed by atoms with Gasteiger partial charge in [0.15, 0.2) is 16.4 Å². The van der Waals surface area contributed by atoms with Crippen LogP contribution in [0, 0.1) is 18.8 Å². The predicted molar refractivity (Wildman–Crippen MR) is 197 cm³/mol. The Balaban J connectivity index is 1.58. The highest BCUT2D eigenvalue weighted by Gasteiger charge is 2.46. The van der Waals surface area contributed by atoms with Crippen LogP contribution in [0.15, 0.2) is 48.7 Å². The van der Waals surface area contributed by atoms with Gasteiger partial charge in [0.05, 0.1) is 29.1 Å². The number of piperidine rings is 1. The summed E-state index contributed by atoms with van der Waals surface area (Å²) in [5.41, 5.74) is 1.19. The number of ether oxygens (including phenoxy) is 1. The highest BCUT2D eigenvalue weighted by Crippen LogP contribution is 2.39. The molecule has 12 nitrogen and oxygen atoms in total. The van der Waals surface area contributed by atoms with Crippen LogP contribution in [0.4, 0.5) is 0 Å². The van der Waals surface area contributed by atoms with Gasteiger partial charge in [-0.15, -0.1) is 0 Å². The lowest BCUT2D eigenvalue weighted by atomic mass is 9.72. The lowest BCUT2D eigenvalue weighted by molar-refractivity contribution is -0.133. The van der Waals surface area contributed by atoms with Crippen LogP contribution in [0.25, 0.3) is 0 Å². The van der Waals surface area contributed by atoms with Crippen molar-refractivity contribution in [2.24, 2.45) is 11.8 Å². The number of carbonyl (C=O) groups is 3. The van der Waals surface area contributed by atoms with Crippen molar-refractivity contribution in [2.75, 3.05) is 26.0 Å². The van der Waals surface area contributed by atoms with Gasteiger partial charge >= 0.3 is 0 Å². The molecule has 4 N–H and O–H groups in total. The summed E-state index contributed by atoms with van der Waals surface area (Å²) in [7, 11) is -3.89. The topological polar surface area (TPSA) is 167 Å². The number of fused-ring (bicyclic) bond motifs is 1. The molecule has 2 aliphatic rings. The number of aryl methyl sites for hydroxylation is 1. The maximum absolute atomic E-state index is 14.2. The number of hydrogen-bond donors (Lipinski definition) is 4. The number of nitrogens with zero attached hydrogens (tertiary/aromatic N) is 2. The van der Waals surface area contributed by atoms with Crippen LogP contribution < -0.4 is 20.7 Å². The van der Waals surface area contributed by atoms with E-state index in [9.17, 15) is 27.9 Å². The summed E-state index contributed by atoms with van der Waals surface area (Å²) >= 11 is 0. The van der Waals surface area contributed by atoms with Gasteiger partial charge in [-0.25, -0.2) is 8.42 Å². The summed E-state index contributed by atoms with van der Waals surface area (Å²) < 4.78 is 29.9. The zero-order valence-corrected chi connectivity index (χ0v) is 32.0. The molecule has 3 amide bonds. The third kappa shape index (κ3) is 11.2. The van der Waals surface area contributed by atoms with Crippen LogP contribution >= 0.6 is 0 Å². The first-order valence-corrected chi connectivity index (χ1v) is 19.9. The minimum Gasteiger partial charge on any atom is -0.482 e. The number of aliphatic hydroxyl groups is 1. The highest BCUT2D eigenvalue weighted by molar-refractivity contribution is 7.92. The Morgan fingerprint density at radius 3 is 2.27 bits per heavy atom. The molecular formula is C38H57N5O7S. The first-order valence-electron chi connectivity index (χ1n) is 18.0. The van der Waals surface area contributed by atoms with Crippen molar-refractivity contribution in [3.8, 4) is 5.75 Å². The van der Waals surface area contributed by atoms with E-state index in [1.54, 1.807) is 12.1 Å². The van der Waals surface area contributed by atoms with Gasteiger partial charge in [-0.1, -0.05) is 49.6 Å². The van der Waals surface area contributed by atoms with E-state index in [1.807, 2.05) is 58.0 Å². The van der Waals surface area contributed by atoms with E-state index in [-0.39, 0.29) is 18.9 Å². The SMILES string of the molecule is Cc1ccc(OCC(=O)N[C@H](C(=O)N[C@@H](Cc2ccccc2)[C@H](O)CN2C[C@H]3CCCC[C@H]3C[C@H]2C(=O)NC(C)(C)C)C(C)(C)S(C)(=O)=O)cn1. The van der Waals surface area contributed by atoms with Crippen LogP contribution in [-0.4, -0.2) is 102 Å². The zero-order valence-electron chi connectivity index (χ0n) is 31.1. The van der Waals surface area contributed by atoms with Crippen molar-refractivity contribution in [2.45, 2.75) is 115 Å². The molecule has 1 aliphatic carbocycles. The number of rotatable bonds is 14. The average Bonchev–Trinajstić information content (AvgIpc) is 3.05. The Labute approximate surface area is 303 Å². The molecule has 1 aromatic heterocycles. The number of likely N-dealkylation sites (tertiary alicyclic amines) is 1. The normalized spacial score (nSPS) is 21.8. The van der Waals surface area contributed by atoms with E-state index in [0.717, 1.165) is 43.2 Å². The third-order valence-electron chi connectivity index (χ3n) is 10.3. The second-order valence-electron chi connectivity index (χ2n) is 15.9. The standard InChI is InChI=1S/C38H57N5O7S/c1-25-17-18-29(21-39-25)50-24-33(45)41-34(38(5,6)51(7,48)49)36(47)40-30(19-26-13-9-8-10-14-26)32(44)23-43-22-28-16-12-11-15-27(28)20-31(43)35(46)42-37(2,3)4/h8-10,13-14,17-18,21,27-28,30-32,34,44H,11-12,15-16,19-20,22-24H2,1-7H3,(H,40,47)(H,41,45)(H,42,46)/t27-,28+,30-,31-,32+,34+/m0/s1. The molecule has 13 heteroatoms. The number of nitrogens with one attached hydrogen (secondary N) is 3. The number of aliphatic hydroxyl groups excluding tert-OH is 1. The van der Waals surface area contributed by atoms with Crippen molar-refractivity contribution in [1.29, 1.82) is 0 Å². The van der Waals surface area contributed by atoms with Gasteiger partial charge in [-0.3, -0.25) is 24.3 Å². The molecule has 282 valence electrons. The summed E-state index contributed by atoms with van der Waals surface area (Å²) in [5, 5.41) is 20.6. The lowest BCUT2D eigenvalue weighted by Gasteiger charge is -2.47. The number of β-amino-alcohol motifs (C(OH)–C–C–N with tert-alkyl or cyclic N) is 1. The molecule has 0 spiro atoms. The van der Waals surface area contributed by atoms with Crippen LogP contribution in [0.1, 0.15) is 78.0 Å². The van der Waals surface area contributed by atoms with E-state index in [0.29, 0.717) is 30.6 Å². The minimum absolute atomic E-state index is 0.0799. The number of benzene rings is 1. The minimum atomic E-state index is -3.89. The Morgan fingerprint density at radius 1 is 1.00 bits per heavy atom. The number of sulfone groups is 1. The maximum Gasteiger partial charge on any atom is 0.258 e. The highest BCUT2D eigenvalue weighted by atomic mass is 32.2. The molecule has 1 saturated carbocycles. The molecule has 2 heterocycles. The molecule has 0 bridgehead atoms. The number of hydrogen-bond acceptors (Lipinski definition) is 9. The summed E-state index contributed by atoms with van der Waals surface area (Å²) in [6, 6.07) is 9.91. The Bertz CT molecular complexity index is 1590. The van der Waals surface area contributed by atoms with Crippen molar-refractivity contribution in [3.05, 3.63) is 59.9 Å². The van der Waals surface area contributed by atoms with Crippen molar-refractivity contribution in [3.63, 3.8) is 0 Å². The summed E-state index contributed by atoms with van der Waals surface area (Å²) in [6.07, 6.45) is 6.73. The van der Waals surface area contributed by atoms with Crippen LogP contribution in [0.3, 0.4) is 0 Å². The van der Waals surface area contributed by atoms with Gasteiger partial charge in [0.2, 0.25) is 11.8 Å². The fraction of sp³-hybridized carbons (Fsp3) is 0.632. The van der Waals surface area contributed by atoms with E-state index < -0.39 is 62.8 Å². The molecule has 1 saturated heterocycles. The van der Waals surface area contributed by atoms with E-state index in [1.165, 1.54) is 20.0 Å². The molecule has 51 heavy (non-hydrogen) atoms. The largest absolute Gasteiger partial charge is 0.482 e. The second-order valence-corrected chi connectivity index (χ2v) is 18.5. The number of pyridine rings is 1. The van der Waals surface area contributed by atoms with Crippen LogP contribution in [0.5, 0.6) is 5.75 Å². The average molecular weight is 728 g/mol. The van der Waals surface area contributed by atoms with Gasteiger partial charge in [-0.2, -0.15) is 0 Å². The molecule has 1 aromatic carbocycles. The molecule has 0 unspecified atom stereocenters. The fourth-order valence-electron chi connectivity index (χ4n) is 7.07. The van der Waals surface area contributed by atoms with E-state index in [2.05, 4.69) is 25.8 Å². The predicted octanol–water partition coefficient (Wildman–Crippen LogP) is 2.96. The molecule has 2 fully saturated rings. The van der Waals surface area contributed by atoms with E-state index in [4.69, 9.17) is 4.74 Å². The molecule has 0 radical (unpaired) electrons. The fourth-order valence-corrected chi connectivity index (χ4v) is 7.67. The quantitative estimate of drug-likeness (QED) is 0.229. The van der Waals surface area contributed by atoms with Crippen LogP contribution in [-0.2, 0) is 30.6 Å². The van der Waals surface area contributed by atoms with Gasteiger partial charge in [0, 0.05) is 30.6 Å². The first kappa shape index (κ1) is 40.2. The second kappa shape index (κ2) is 16.9. The molecule has 2 aromatic rings. The summed E-state index contributed by atoms with van der Waals surface area (Å²) in [6.45, 7) is 10.7. The third-order valence-corrected chi connectivity index (χ3v) is 12.4. The first-order chi connectivity index (χ1) is 23.8. The molecular weight excluding hydrogens is 671 g/mol. The Kier molecular flexibility index (Phi) is 13.3. The van der Waals surface area contributed by atoms with Crippen molar-refractivity contribution >= 4 is 27.6 Å². The summed E-state index contributed by atoms with van der Waals surface area (Å²) in [5.74, 6) is -0.337. The Morgan fingerprint density at radius 2 is 1.67 bits per heavy atom. The van der Waals surface area contributed by atoms with Gasteiger partial charge < -0.3 is 25.8 Å². The maximum atomic E-state index is 14.2. The van der Waals surface area contributed by atoms with Crippen molar-refractivity contribution < 1.29 is 32.6 Å². The van der Waals surface area contributed by atoms with Gasteiger partial charge in [0.25, 0.3) is 5.91 Å². The van der Waals surface area contributed by atoms with Crippen LogP contribution in [0.2, 0.25) is 0 Å².